The molecule has 0 unspecified atom stereocenters. The standard InChI is InChI=1S/C30H42N4O6S/c1-3-5-7-9-21-11-13-23(25(35)19-21)29(39)33-31-27(37)15-17-41-18-16-28(38)32-34-30(40)24-14-12-22(20-26(24)36)10-8-6-4-2/h11-14,19-20,35-36H,3-10,15-18H2,1-2H3,(H,31,37)(H,32,38)(H,33,39)(H,34,40). The maximum atomic E-state index is 12.3. The monoisotopic (exact) mass is 586 g/mol. The summed E-state index contributed by atoms with van der Waals surface area (Å²) in [5.41, 5.74) is 11.3. The summed E-state index contributed by atoms with van der Waals surface area (Å²) in [7, 11) is 0. The number of carbonyl (C=O) groups is 4. The normalized spacial score (nSPS) is 10.6. The van der Waals surface area contributed by atoms with Gasteiger partial charge in [-0.2, -0.15) is 11.8 Å². The van der Waals surface area contributed by atoms with Gasteiger partial charge in [-0.05, 0) is 61.1 Å². The molecule has 2 rings (SSSR count). The quantitative estimate of drug-likeness (QED) is 0.126. The molecule has 0 spiro atoms. The molecule has 0 radical (unpaired) electrons. The predicted octanol–water partition coefficient (Wildman–Crippen LogP) is 4.30. The summed E-state index contributed by atoms with van der Waals surface area (Å²) in [5.74, 6) is -1.48. The van der Waals surface area contributed by atoms with E-state index in [0.717, 1.165) is 62.5 Å². The van der Waals surface area contributed by atoms with Gasteiger partial charge in [-0.3, -0.25) is 40.9 Å². The first kappa shape index (κ1) is 33.5. The van der Waals surface area contributed by atoms with E-state index in [1.165, 1.54) is 23.9 Å². The minimum Gasteiger partial charge on any atom is -0.507 e. The van der Waals surface area contributed by atoms with Crippen LogP contribution < -0.4 is 21.7 Å². The van der Waals surface area contributed by atoms with Gasteiger partial charge in [-0.15, -0.1) is 0 Å². The van der Waals surface area contributed by atoms with E-state index in [2.05, 4.69) is 35.6 Å². The third kappa shape index (κ3) is 12.5. The molecule has 0 heterocycles. The number of phenolic OH excluding ortho intramolecular Hbond substituents is 2. The molecule has 0 fully saturated rings. The summed E-state index contributed by atoms with van der Waals surface area (Å²) in [6, 6.07) is 9.80. The first-order chi connectivity index (χ1) is 19.7. The Morgan fingerprint density at radius 3 is 1.41 bits per heavy atom. The number of thioether (sulfide) groups is 1. The van der Waals surface area contributed by atoms with E-state index < -0.39 is 23.6 Å². The zero-order valence-electron chi connectivity index (χ0n) is 23.9. The van der Waals surface area contributed by atoms with Crippen molar-refractivity contribution in [3.63, 3.8) is 0 Å². The van der Waals surface area contributed by atoms with Crippen LogP contribution in [-0.2, 0) is 22.4 Å². The first-order valence-electron chi connectivity index (χ1n) is 14.1. The molecule has 0 aliphatic carbocycles. The molecular weight excluding hydrogens is 544 g/mol. The van der Waals surface area contributed by atoms with Crippen molar-refractivity contribution in [2.24, 2.45) is 0 Å². The van der Waals surface area contributed by atoms with E-state index in [1.807, 2.05) is 0 Å². The number of benzene rings is 2. The van der Waals surface area contributed by atoms with Crippen molar-refractivity contribution < 1.29 is 29.4 Å². The Hall–Kier alpha value is -3.73. The van der Waals surface area contributed by atoms with Crippen LogP contribution in [-0.4, -0.2) is 45.3 Å². The number of hydrazine groups is 2. The lowest BCUT2D eigenvalue weighted by molar-refractivity contribution is -0.122. The molecule has 10 nitrogen and oxygen atoms in total. The van der Waals surface area contributed by atoms with Crippen LogP contribution in [0.25, 0.3) is 0 Å². The maximum absolute atomic E-state index is 12.3. The van der Waals surface area contributed by atoms with E-state index >= 15 is 0 Å². The number of amides is 4. The van der Waals surface area contributed by atoms with Crippen LogP contribution in [0.1, 0.15) is 97.1 Å². The lowest BCUT2D eigenvalue weighted by Gasteiger charge is -2.10. The predicted molar refractivity (Wildman–Crippen MR) is 160 cm³/mol. The van der Waals surface area contributed by atoms with Crippen LogP contribution in [0.4, 0.5) is 0 Å². The summed E-state index contributed by atoms with van der Waals surface area (Å²) >= 11 is 1.37. The Kier molecular flexibility index (Phi) is 15.2. The number of aromatic hydroxyl groups is 2. The minimum absolute atomic E-state index is 0.0756. The third-order valence-electron chi connectivity index (χ3n) is 6.33. The molecule has 0 bridgehead atoms. The molecule has 2 aromatic carbocycles. The van der Waals surface area contributed by atoms with Gasteiger partial charge in [0.05, 0.1) is 11.1 Å². The van der Waals surface area contributed by atoms with Crippen LogP contribution in [0.2, 0.25) is 0 Å². The first-order valence-corrected chi connectivity index (χ1v) is 15.3. The van der Waals surface area contributed by atoms with Crippen molar-refractivity contribution >= 4 is 35.4 Å². The van der Waals surface area contributed by atoms with Crippen molar-refractivity contribution in [1.29, 1.82) is 0 Å². The van der Waals surface area contributed by atoms with E-state index in [0.29, 0.717) is 11.5 Å². The highest BCUT2D eigenvalue weighted by Gasteiger charge is 2.14. The van der Waals surface area contributed by atoms with Crippen molar-refractivity contribution in [3.05, 3.63) is 58.7 Å². The lowest BCUT2D eigenvalue weighted by Crippen LogP contribution is -2.42. The van der Waals surface area contributed by atoms with Crippen LogP contribution >= 0.6 is 11.8 Å². The second kappa shape index (κ2) is 18.6. The van der Waals surface area contributed by atoms with E-state index in [-0.39, 0.29) is 35.5 Å². The van der Waals surface area contributed by atoms with E-state index in [9.17, 15) is 29.4 Å². The number of aryl methyl sites for hydroxylation is 2. The summed E-state index contributed by atoms with van der Waals surface area (Å²) < 4.78 is 0. The number of hydrogen-bond acceptors (Lipinski definition) is 7. The SMILES string of the molecule is CCCCCc1ccc(C(=O)NNC(=O)CCSCCC(=O)NNC(=O)c2ccc(CCCCC)cc2O)c(O)c1. The van der Waals surface area contributed by atoms with Crippen molar-refractivity contribution in [2.75, 3.05) is 11.5 Å². The molecular formula is C30H42N4O6S. The van der Waals surface area contributed by atoms with Crippen LogP contribution in [0.15, 0.2) is 36.4 Å². The van der Waals surface area contributed by atoms with Gasteiger partial charge in [0.25, 0.3) is 11.8 Å². The van der Waals surface area contributed by atoms with Crippen molar-refractivity contribution in [2.45, 2.75) is 78.1 Å². The Labute approximate surface area is 246 Å². The fraction of sp³-hybridized carbons (Fsp3) is 0.467. The van der Waals surface area contributed by atoms with Crippen LogP contribution in [0, 0.1) is 0 Å². The van der Waals surface area contributed by atoms with Gasteiger partial charge in [0.2, 0.25) is 11.8 Å². The molecule has 0 saturated heterocycles. The maximum Gasteiger partial charge on any atom is 0.273 e. The highest BCUT2D eigenvalue weighted by atomic mass is 32.2. The van der Waals surface area contributed by atoms with E-state index in [1.54, 1.807) is 24.3 Å². The summed E-state index contributed by atoms with van der Waals surface area (Å²) in [6.45, 7) is 4.23. The topological polar surface area (TPSA) is 157 Å². The van der Waals surface area contributed by atoms with Gasteiger partial charge in [0.1, 0.15) is 11.5 Å². The second-order valence-electron chi connectivity index (χ2n) is 9.73. The number of phenols is 2. The number of rotatable bonds is 16. The summed E-state index contributed by atoms with van der Waals surface area (Å²) in [6.07, 6.45) is 8.28. The molecule has 11 heteroatoms. The largest absolute Gasteiger partial charge is 0.507 e. The van der Waals surface area contributed by atoms with Gasteiger partial charge in [0, 0.05) is 24.3 Å². The number of nitrogens with one attached hydrogen (secondary N) is 4. The second-order valence-corrected chi connectivity index (χ2v) is 11.0. The van der Waals surface area contributed by atoms with E-state index in [4.69, 9.17) is 0 Å². The third-order valence-corrected chi connectivity index (χ3v) is 7.31. The Balaban J connectivity index is 1.60. The van der Waals surface area contributed by atoms with Crippen LogP contribution in [0.3, 0.4) is 0 Å². The summed E-state index contributed by atoms with van der Waals surface area (Å²) in [4.78, 5) is 48.7. The number of unbranched alkanes of at least 4 members (excludes halogenated alkanes) is 4. The molecule has 0 aliphatic heterocycles. The van der Waals surface area contributed by atoms with Crippen molar-refractivity contribution in [3.8, 4) is 11.5 Å². The molecule has 0 aliphatic rings. The number of carbonyl (C=O) groups excluding carboxylic acids is 4. The van der Waals surface area contributed by atoms with Crippen molar-refractivity contribution in [1.82, 2.24) is 21.7 Å². The van der Waals surface area contributed by atoms with Gasteiger partial charge in [-0.1, -0.05) is 51.7 Å². The van der Waals surface area contributed by atoms with Gasteiger partial charge < -0.3 is 10.2 Å². The lowest BCUT2D eigenvalue weighted by atomic mass is 10.0. The average molecular weight is 587 g/mol. The average Bonchev–Trinajstić information content (AvgIpc) is 2.95. The Morgan fingerprint density at radius 2 is 1.05 bits per heavy atom. The van der Waals surface area contributed by atoms with Crippen LogP contribution in [0.5, 0.6) is 11.5 Å². The fourth-order valence-electron chi connectivity index (χ4n) is 3.95. The Bertz CT molecular complexity index is 1080. The minimum atomic E-state index is -0.612. The molecule has 2 aromatic rings. The molecule has 224 valence electrons. The zero-order valence-corrected chi connectivity index (χ0v) is 24.7. The molecule has 6 N–H and O–H groups in total. The highest BCUT2D eigenvalue weighted by Crippen LogP contribution is 2.21. The smallest absolute Gasteiger partial charge is 0.273 e. The Morgan fingerprint density at radius 1 is 0.634 bits per heavy atom. The zero-order chi connectivity index (χ0) is 30.0. The van der Waals surface area contributed by atoms with Gasteiger partial charge in [-0.25, -0.2) is 0 Å². The molecule has 0 aromatic heterocycles. The highest BCUT2D eigenvalue weighted by molar-refractivity contribution is 7.99. The molecule has 41 heavy (non-hydrogen) atoms. The molecule has 4 amide bonds. The molecule has 0 saturated carbocycles. The molecule has 0 atom stereocenters. The fourth-order valence-corrected chi connectivity index (χ4v) is 4.82. The summed E-state index contributed by atoms with van der Waals surface area (Å²) in [5, 5.41) is 20.3. The van der Waals surface area contributed by atoms with Gasteiger partial charge >= 0.3 is 0 Å². The number of hydrogen-bond donors (Lipinski definition) is 6. The van der Waals surface area contributed by atoms with Gasteiger partial charge in [0.15, 0.2) is 0 Å².